The highest BCUT2D eigenvalue weighted by molar-refractivity contribution is 7.89. The Bertz CT molecular complexity index is 1330. The number of rotatable bonds is 8. The van der Waals surface area contributed by atoms with Crippen LogP contribution >= 0.6 is 0 Å². The summed E-state index contributed by atoms with van der Waals surface area (Å²) >= 11 is 0. The molecule has 1 saturated carbocycles. The number of aliphatic hydroxyl groups excluding tert-OH is 1. The van der Waals surface area contributed by atoms with Crippen LogP contribution in [0.15, 0.2) is 34.1 Å². The number of hydrogen-bond acceptors (Lipinski definition) is 5. The number of nitrogens with two attached hydrogens (primary N) is 1. The van der Waals surface area contributed by atoms with E-state index in [1.165, 1.54) is 26.0 Å². The number of nitrogens with zero attached hydrogens (tertiary/aromatic N) is 1. The van der Waals surface area contributed by atoms with E-state index in [2.05, 4.69) is 4.72 Å². The first kappa shape index (κ1) is 28.6. The summed E-state index contributed by atoms with van der Waals surface area (Å²) in [7, 11) is -8.80. The van der Waals surface area contributed by atoms with Gasteiger partial charge < -0.3 is 9.67 Å². The van der Waals surface area contributed by atoms with Crippen LogP contribution in [-0.4, -0.2) is 38.7 Å². The molecular formula is C23H32F3N3O5S2. The Kier molecular flexibility index (Phi) is 8.02. The summed E-state index contributed by atoms with van der Waals surface area (Å²) in [5.41, 5.74) is -2.26. The van der Waals surface area contributed by atoms with Gasteiger partial charge in [-0.05, 0) is 63.3 Å². The van der Waals surface area contributed by atoms with Crippen molar-refractivity contribution in [3.05, 3.63) is 35.5 Å². The van der Waals surface area contributed by atoms with Gasteiger partial charge in [-0.3, -0.25) is 0 Å². The van der Waals surface area contributed by atoms with Gasteiger partial charge in [-0.1, -0.05) is 25.3 Å². The second kappa shape index (κ2) is 10.1. The summed E-state index contributed by atoms with van der Waals surface area (Å²) in [5, 5.41) is 14.7. The van der Waals surface area contributed by atoms with E-state index in [1.54, 1.807) is 11.5 Å². The van der Waals surface area contributed by atoms with E-state index in [4.69, 9.17) is 5.14 Å². The summed E-state index contributed by atoms with van der Waals surface area (Å²) in [6.45, 7) is 4.00. The fourth-order valence-electron chi connectivity index (χ4n) is 4.61. The molecule has 4 N–H and O–H groups in total. The van der Waals surface area contributed by atoms with Gasteiger partial charge in [-0.2, -0.15) is 13.2 Å². The summed E-state index contributed by atoms with van der Waals surface area (Å²) in [5.74, 6) is 0.226. The standard InChI is InChI=1S/C23H32F3N3O5S2/c1-15-21(35(27,31)32)12-19(29(15)13-16-7-5-4-6-8-16)17-9-10-20(18(11-17)23(24,25)26)36(33,34)28-22(2,3)14-30/h9-12,16,28,30H,4-8,13-14H2,1-3H3,(H2,27,31,32). The number of primary sulfonamides is 1. The number of aromatic nitrogens is 1. The molecule has 1 heterocycles. The molecule has 3 rings (SSSR count). The van der Waals surface area contributed by atoms with Crippen molar-refractivity contribution in [2.45, 2.75) is 80.9 Å². The van der Waals surface area contributed by atoms with E-state index >= 15 is 0 Å². The molecule has 0 atom stereocenters. The molecule has 1 aromatic heterocycles. The van der Waals surface area contributed by atoms with E-state index in [0.29, 0.717) is 18.3 Å². The number of halogens is 3. The average molecular weight is 552 g/mol. The van der Waals surface area contributed by atoms with Crippen LogP contribution in [0.5, 0.6) is 0 Å². The Morgan fingerprint density at radius 3 is 2.19 bits per heavy atom. The van der Waals surface area contributed by atoms with Crippen LogP contribution in [0.1, 0.15) is 57.2 Å². The monoisotopic (exact) mass is 551 g/mol. The van der Waals surface area contributed by atoms with E-state index in [1.807, 2.05) is 0 Å². The quantitative estimate of drug-likeness (QED) is 0.460. The fourth-order valence-corrected chi connectivity index (χ4v) is 7.02. The third-order valence-corrected chi connectivity index (χ3v) is 9.25. The molecule has 1 aliphatic carbocycles. The zero-order valence-corrected chi connectivity index (χ0v) is 22.0. The van der Waals surface area contributed by atoms with Crippen molar-refractivity contribution in [2.75, 3.05) is 6.61 Å². The highest BCUT2D eigenvalue weighted by Crippen LogP contribution is 2.39. The molecule has 1 fully saturated rings. The first-order valence-corrected chi connectivity index (χ1v) is 14.6. The number of nitrogens with one attached hydrogen (secondary N) is 1. The van der Waals surface area contributed by atoms with Gasteiger partial charge in [0.1, 0.15) is 4.90 Å². The molecule has 0 amide bonds. The SMILES string of the molecule is Cc1c(S(N)(=O)=O)cc(-c2ccc(S(=O)(=O)NC(C)(C)CO)c(C(F)(F)F)c2)n1CC1CCCCC1. The second-order valence-corrected chi connectivity index (χ2v) is 13.2. The fraction of sp³-hybridized carbons (Fsp3) is 0.565. The van der Waals surface area contributed by atoms with Crippen molar-refractivity contribution >= 4 is 20.0 Å². The lowest BCUT2D eigenvalue weighted by atomic mass is 9.89. The maximum absolute atomic E-state index is 14.1. The van der Waals surface area contributed by atoms with Crippen molar-refractivity contribution in [3.63, 3.8) is 0 Å². The molecule has 0 unspecified atom stereocenters. The van der Waals surface area contributed by atoms with Crippen molar-refractivity contribution in [3.8, 4) is 11.3 Å². The molecule has 8 nitrogen and oxygen atoms in total. The van der Waals surface area contributed by atoms with Crippen molar-refractivity contribution in [2.24, 2.45) is 11.1 Å². The van der Waals surface area contributed by atoms with E-state index in [9.17, 15) is 35.1 Å². The number of hydrogen-bond donors (Lipinski definition) is 3. The molecule has 0 aliphatic heterocycles. The molecule has 36 heavy (non-hydrogen) atoms. The largest absolute Gasteiger partial charge is 0.417 e. The zero-order valence-electron chi connectivity index (χ0n) is 20.4. The third kappa shape index (κ3) is 6.31. The highest BCUT2D eigenvalue weighted by atomic mass is 32.2. The maximum atomic E-state index is 14.1. The van der Waals surface area contributed by atoms with Crippen LogP contribution in [-0.2, 0) is 32.8 Å². The summed E-state index contributed by atoms with van der Waals surface area (Å²) in [6.07, 6.45) is -0.0582. The van der Waals surface area contributed by atoms with Crippen LogP contribution in [0.4, 0.5) is 13.2 Å². The van der Waals surface area contributed by atoms with Crippen LogP contribution < -0.4 is 9.86 Å². The van der Waals surface area contributed by atoms with Crippen molar-refractivity contribution in [1.29, 1.82) is 0 Å². The van der Waals surface area contributed by atoms with Gasteiger partial charge in [-0.25, -0.2) is 26.7 Å². The highest BCUT2D eigenvalue weighted by Gasteiger charge is 2.39. The lowest BCUT2D eigenvalue weighted by Crippen LogP contribution is -2.46. The van der Waals surface area contributed by atoms with Gasteiger partial charge >= 0.3 is 6.18 Å². The van der Waals surface area contributed by atoms with Gasteiger partial charge in [0.25, 0.3) is 0 Å². The predicted octanol–water partition coefficient (Wildman–Crippen LogP) is 3.76. The first-order chi connectivity index (χ1) is 16.5. The Balaban J connectivity index is 2.19. The Morgan fingerprint density at radius 1 is 1.06 bits per heavy atom. The van der Waals surface area contributed by atoms with E-state index < -0.39 is 48.8 Å². The molecule has 0 spiro atoms. The smallest absolute Gasteiger partial charge is 0.394 e. The molecular weight excluding hydrogens is 519 g/mol. The minimum absolute atomic E-state index is 0.0107. The Labute approximate surface area is 209 Å². The molecule has 0 saturated heterocycles. The minimum Gasteiger partial charge on any atom is -0.394 e. The maximum Gasteiger partial charge on any atom is 0.417 e. The van der Waals surface area contributed by atoms with Crippen LogP contribution in [0.2, 0.25) is 0 Å². The van der Waals surface area contributed by atoms with Gasteiger partial charge in [0, 0.05) is 17.9 Å². The summed E-state index contributed by atoms with van der Waals surface area (Å²) in [6, 6.07) is 4.01. The third-order valence-electron chi connectivity index (χ3n) is 6.47. The number of sulfonamides is 2. The number of aliphatic hydroxyl groups is 1. The van der Waals surface area contributed by atoms with Gasteiger partial charge in [0.05, 0.1) is 22.6 Å². The van der Waals surface area contributed by atoms with Gasteiger partial charge in [-0.15, -0.1) is 0 Å². The van der Waals surface area contributed by atoms with Crippen molar-refractivity contribution in [1.82, 2.24) is 9.29 Å². The Hall–Kier alpha value is -1.93. The molecule has 1 aromatic carbocycles. The molecule has 202 valence electrons. The molecule has 1 aliphatic rings. The average Bonchev–Trinajstić information content (AvgIpc) is 3.09. The van der Waals surface area contributed by atoms with E-state index in [0.717, 1.165) is 38.2 Å². The number of alkyl halides is 3. The summed E-state index contributed by atoms with van der Waals surface area (Å²) < 4.78 is 96.0. The normalized spacial score (nSPS) is 16.4. The first-order valence-electron chi connectivity index (χ1n) is 11.6. The minimum atomic E-state index is -5.03. The molecule has 13 heteroatoms. The van der Waals surface area contributed by atoms with Gasteiger partial charge in [0.15, 0.2) is 0 Å². The topological polar surface area (TPSA) is 131 Å². The van der Waals surface area contributed by atoms with Crippen LogP contribution in [0.3, 0.4) is 0 Å². The Morgan fingerprint density at radius 2 is 1.67 bits per heavy atom. The molecule has 2 aromatic rings. The predicted molar refractivity (Wildman–Crippen MR) is 129 cm³/mol. The van der Waals surface area contributed by atoms with Gasteiger partial charge in [0.2, 0.25) is 20.0 Å². The van der Waals surface area contributed by atoms with Crippen LogP contribution in [0.25, 0.3) is 11.3 Å². The lowest BCUT2D eigenvalue weighted by Gasteiger charge is -2.25. The van der Waals surface area contributed by atoms with Crippen LogP contribution in [0, 0.1) is 12.8 Å². The molecule has 0 radical (unpaired) electrons. The molecule has 0 bridgehead atoms. The van der Waals surface area contributed by atoms with Crippen molar-refractivity contribution < 1.29 is 35.1 Å². The summed E-state index contributed by atoms with van der Waals surface area (Å²) in [4.78, 5) is -1.18. The second-order valence-electron chi connectivity index (χ2n) is 10.00. The lowest BCUT2D eigenvalue weighted by molar-refractivity contribution is -0.139. The van der Waals surface area contributed by atoms with E-state index in [-0.39, 0.29) is 22.1 Å². The number of benzene rings is 1. The zero-order chi connectivity index (χ0) is 27.1.